The minimum Gasteiger partial charge on any atom is -0.314 e. The van der Waals surface area contributed by atoms with E-state index in [1.807, 2.05) is 13.8 Å². The number of nitrogens with one attached hydrogen (secondary N) is 2. The average Bonchev–Trinajstić information content (AvgIpc) is 2.31. The van der Waals surface area contributed by atoms with Crippen LogP contribution in [0.1, 0.15) is 68.7 Å². The van der Waals surface area contributed by atoms with Gasteiger partial charge in [-0.25, -0.2) is 0 Å². The second-order valence-electron chi connectivity index (χ2n) is 10.9. The van der Waals surface area contributed by atoms with Crippen LogP contribution in [0.5, 0.6) is 0 Å². The molecule has 5 heteroatoms. The van der Waals surface area contributed by atoms with E-state index in [4.69, 9.17) is 5.73 Å². The summed E-state index contributed by atoms with van der Waals surface area (Å²) in [4.78, 5) is 5.17. The van der Waals surface area contributed by atoms with Crippen LogP contribution in [0.4, 0.5) is 0 Å². The maximum absolute atomic E-state index is 6.13. The molecule has 1 aliphatic rings. The van der Waals surface area contributed by atoms with E-state index >= 15 is 0 Å². The molecule has 0 aliphatic carbocycles. The molecule has 0 bridgehead atoms. The summed E-state index contributed by atoms with van der Waals surface area (Å²) in [6.07, 6.45) is 1.18. The van der Waals surface area contributed by atoms with E-state index in [-0.39, 0.29) is 22.3 Å². The molecule has 0 aromatic carbocycles. The molecule has 1 aliphatic heterocycles. The van der Waals surface area contributed by atoms with E-state index in [9.17, 15) is 0 Å². The molecule has 0 spiro atoms. The first-order chi connectivity index (χ1) is 11.1. The monoisotopic (exact) mass is 355 g/mol. The zero-order chi connectivity index (χ0) is 19.5. The fourth-order valence-corrected chi connectivity index (χ4v) is 4.16. The number of nitrogens with two attached hydrogens (primary N) is 1. The molecule has 5 nitrogen and oxygen atoms in total. The summed E-state index contributed by atoms with van der Waals surface area (Å²) in [6.45, 7) is 26.7. The molecule has 1 fully saturated rings. The summed E-state index contributed by atoms with van der Waals surface area (Å²) in [5.41, 5.74) is 6.16. The molecule has 0 radical (unpaired) electrons. The van der Waals surface area contributed by atoms with Gasteiger partial charge >= 0.3 is 0 Å². The van der Waals surface area contributed by atoms with Gasteiger partial charge in [0.2, 0.25) is 0 Å². The molecule has 1 rings (SSSR count). The van der Waals surface area contributed by atoms with Crippen molar-refractivity contribution in [3.63, 3.8) is 0 Å². The van der Waals surface area contributed by atoms with Crippen molar-refractivity contribution in [2.75, 3.05) is 39.3 Å². The van der Waals surface area contributed by atoms with Crippen molar-refractivity contribution < 1.29 is 0 Å². The van der Waals surface area contributed by atoms with Gasteiger partial charge in [0.05, 0.1) is 5.66 Å². The van der Waals surface area contributed by atoms with Crippen LogP contribution < -0.4 is 16.4 Å². The van der Waals surface area contributed by atoms with Crippen LogP contribution in [-0.4, -0.2) is 71.3 Å². The molecule has 0 aromatic heterocycles. The third-order valence-electron chi connectivity index (χ3n) is 4.51. The lowest BCUT2D eigenvalue weighted by Crippen LogP contribution is -2.62. The number of piperazine rings is 1. The predicted octanol–water partition coefficient (Wildman–Crippen LogP) is 2.22. The van der Waals surface area contributed by atoms with Gasteiger partial charge in [0, 0.05) is 49.3 Å². The highest BCUT2D eigenvalue weighted by molar-refractivity contribution is 4.90. The SMILES string of the molecule is CC(C)(C)NC(C)(C)CCN1CCN(CC(C)(C)NC(C)(C)N)CC1. The van der Waals surface area contributed by atoms with E-state index in [0.717, 1.165) is 32.7 Å². The molecule has 0 amide bonds. The van der Waals surface area contributed by atoms with E-state index in [1.54, 1.807) is 0 Å². The van der Waals surface area contributed by atoms with Crippen molar-refractivity contribution in [3.8, 4) is 0 Å². The van der Waals surface area contributed by atoms with Crippen LogP contribution in [0.2, 0.25) is 0 Å². The summed E-state index contributed by atoms with van der Waals surface area (Å²) < 4.78 is 0. The minimum absolute atomic E-state index is 0.0268. The molecule has 0 aromatic rings. The summed E-state index contributed by atoms with van der Waals surface area (Å²) >= 11 is 0. The molecule has 0 saturated carbocycles. The molecular formula is C20H45N5. The Morgan fingerprint density at radius 3 is 1.64 bits per heavy atom. The van der Waals surface area contributed by atoms with Gasteiger partial charge in [-0.15, -0.1) is 0 Å². The van der Waals surface area contributed by atoms with E-state index in [1.165, 1.54) is 13.0 Å². The molecule has 0 atom stereocenters. The smallest absolute Gasteiger partial charge is 0.0608 e. The number of hydrogen-bond donors (Lipinski definition) is 3. The Kier molecular flexibility index (Phi) is 7.51. The van der Waals surface area contributed by atoms with Gasteiger partial charge in [-0.3, -0.25) is 10.2 Å². The molecule has 1 heterocycles. The Balaban J connectivity index is 2.37. The van der Waals surface area contributed by atoms with Crippen LogP contribution in [-0.2, 0) is 0 Å². The van der Waals surface area contributed by atoms with Crippen LogP contribution in [0.15, 0.2) is 0 Å². The van der Waals surface area contributed by atoms with E-state index in [0.29, 0.717) is 0 Å². The lowest BCUT2D eigenvalue weighted by Gasteiger charge is -2.42. The Bertz CT molecular complexity index is 395. The van der Waals surface area contributed by atoms with Gasteiger partial charge in [0.25, 0.3) is 0 Å². The molecule has 4 N–H and O–H groups in total. The maximum Gasteiger partial charge on any atom is 0.0608 e. The van der Waals surface area contributed by atoms with Crippen molar-refractivity contribution in [2.24, 2.45) is 5.73 Å². The van der Waals surface area contributed by atoms with Crippen molar-refractivity contribution in [1.29, 1.82) is 0 Å². The highest BCUT2D eigenvalue weighted by atomic mass is 15.3. The quantitative estimate of drug-likeness (QED) is 0.583. The summed E-state index contributed by atoms with van der Waals surface area (Å²) in [5.74, 6) is 0. The van der Waals surface area contributed by atoms with Gasteiger partial charge in [-0.1, -0.05) is 0 Å². The molecule has 0 unspecified atom stereocenters. The Labute approximate surface area is 157 Å². The highest BCUT2D eigenvalue weighted by Crippen LogP contribution is 2.17. The second-order valence-corrected chi connectivity index (χ2v) is 10.9. The maximum atomic E-state index is 6.13. The number of hydrogen-bond acceptors (Lipinski definition) is 5. The number of rotatable bonds is 8. The fraction of sp³-hybridized carbons (Fsp3) is 1.00. The predicted molar refractivity (Wildman–Crippen MR) is 110 cm³/mol. The number of nitrogens with zero attached hydrogens (tertiary/aromatic N) is 2. The molecule has 25 heavy (non-hydrogen) atoms. The Hall–Kier alpha value is -0.200. The first kappa shape index (κ1) is 22.8. The zero-order valence-corrected chi connectivity index (χ0v) is 18.4. The normalized spacial score (nSPS) is 19.4. The van der Waals surface area contributed by atoms with Crippen molar-refractivity contribution in [2.45, 2.75) is 91.0 Å². The average molecular weight is 356 g/mol. The lowest BCUT2D eigenvalue weighted by atomic mass is 9.95. The van der Waals surface area contributed by atoms with Crippen molar-refractivity contribution in [3.05, 3.63) is 0 Å². The minimum atomic E-state index is -0.336. The molecular weight excluding hydrogens is 310 g/mol. The zero-order valence-electron chi connectivity index (χ0n) is 18.4. The molecule has 1 saturated heterocycles. The van der Waals surface area contributed by atoms with Gasteiger partial charge in [-0.2, -0.15) is 0 Å². The summed E-state index contributed by atoms with van der Waals surface area (Å²) in [7, 11) is 0. The third-order valence-corrected chi connectivity index (χ3v) is 4.51. The fourth-order valence-electron chi connectivity index (χ4n) is 4.16. The van der Waals surface area contributed by atoms with Crippen LogP contribution in [0.3, 0.4) is 0 Å². The van der Waals surface area contributed by atoms with Gasteiger partial charge in [-0.05, 0) is 75.3 Å². The Morgan fingerprint density at radius 1 is 0.720 bits per heavy atom. The molecule has 150 valence electrons. The summed E-state index contributed by atoms with van der Waals surface area (Å²) in [5, 5.41) is 7.27. The van der Waals surface area contributed by atoms with Crippen LogP contribution >= 0.6 is 0 Å². The third kappa shape index (κ3) is 10.5. The van der Waals surface area contributed by atoms with Crippen LogP contribution in [0, 0.1) is 0 Å². The summed E-state index contributed by atoms with van der Waals surface area (Å²) in [6, 6.07) is 0. The van der Waals surface area contributed by atoms with Gasteiger partial charge in [0.1, 0.15) is 0 Å². The highest BCUT2D eigenvalue weighted by Gasteiger charge is 2.29. The largest absolute Gasteiger partial charge is 0.314 e. The first-order valence-corrected chi connectivity index (χ1v) is 9.89. The van der Waals surface area contributed by atoms with E-state index < -0.39 is 0 Å². The van der Waals surface area contributed by atoms with E-state index in [2.05, 4.69) is 68.9 Å². The Morgan fingerprint density at radius 2 is 1.20 bits per heavy atom. The van der Waals surface area contributed by atoms with Gasteiger partial charge < -0.3 is 16.0 Å². The van der Waals surface area contributed by atoms with Gasteiger partial charge in [0.15, 0.2) is 0 Å². The standard InChI is InChI=1S/C20H45N5/c1-17(2,3)22-18(4,5)10-11-24-12-14-25(15-13-24)16-19(6,7)23-20(8,9)21/h22-23H,10-16,21H2,1-9H3. The van der Waals surface area contributed by atoms with Crippen molar-refractivity contribution >= 4 is 0 Å². The van der Waals surface area contributed by atoms with Crippen molar-refractivity contribution in [1.82, 2.24) is 20.4 Å². The van der Waals surface area contributed by atoms with Crippen LogP contribution in [0.25, 0.3) is 0 Å². The lowest BCUT2D eigenvalue weighted by molar-refractivity contribution is 0.0928. The first-order valence-electron chi connectivity index (χ1n) is 9.89. The second kappa shape index (κ2) is 8.22. The topological polar surface area (TPSA) is 56.6 Å².